The Morgan fingerprint density at radius 2 is 1.75 bits per heavy atom. The summed E-state index contributed by atoms with van der Waals surface area (Å²) in [5, 5.41) is 6.80. The van der Waals surface area contributed by atoms with Crippen LogP contribution < -0.4 is 10.2 Å². The highest BCUT2D eigenvalue weighted by Gasteiger charge is 2.26. The number of hydrogen-bond acceptors (Lipinski definition) is 3. The predicted octanol–water partition coefficient (Wildman–Crippen LogP) is 6.04. The maximum atomic E-state index is 13.3. The minimum Gasteiger partial charge on any atom is -0.322 e. The van der Waals surface area contributed by atoms with Gasteiger partial charge in [-0.25, -0.2) is 0 Å². The summed E-state index contributed by atoms with van der Waals surface area (Å²) in [5.41, 5.74) is 13.2. The average Bonchev–Trinajstić information content (AvgIpc) is 2.99. The van der Waals surface area contributed by atoms with Gasteiger partial charge in [-0.2, -0.15) is 0 Å². The third-order valence-electron chi connectivity index (χ3n) is 5.66. The summed E-state index contributed by atoms with van der Waals surface area (Å²) in [4.78, 5) is 30.6. The number of carbonyl (C=O) groups excluding carboxylic acids is 2. The van der Waals surface area contributed by atoms with Gasteiger partial charge in [0, 0.05) is 34.0 Å². The summed E-state index contributed by atoms with van der Waals surface area (Å²) in [7, 11) is 0. The van der Waals surface area contributed by atoms with Crippen molar-refractivity contribution >= 4 is 23.2 Å². The Morgan fingerprint density at radius 3 is 2.50 bits per heavy atom. The lowest BCUT2D eigenvalue weighted by Crippen LogP contribution is -2.31. The highest BCUT2D eigenvalue weighted by molar-refractivity contribution is 6.08. The van der Waals surface area contributed by atoms with Crippen molar-refractivity contribution in [3.63, 3.8) is 0 Å². The number of fused-ring (bicyclic) bond motifs is 1. The average molecular weight is 425 g/mol. The van der Waals surface area contributed by atoms with E-state index >= 15 is 0 Å². The second kappa shape index (κ2) is 9.37. The zero-order chi connectivity index (χ0) is 22.5. The first-order chi connectivity index (χ1) is 15.6. The van der Waals surface area contributed by atoms with E-state index < -0.39 is 0 Å². The minimum absolute atomic E-state index is 0.129. The molecule has 0 spiro atoms. The van der Waals surface area contributed by atoms with Crippen LogP contribution >= 0.6 is 0 Å². The third kappa shape index (κ3) is 4.33. The molecule has 1 N–H and O–H groups in total. The van der Waals surface area contributed by atoms with Gasteiger partial charge in [0.05, 0.1) is 6.04 Å². The smallest absolute Gasteiger partial charge is 0.258 e. The molecule has 0 bridgehead atoms. The van der Waals surface area contributed by atoms with Crippen LogP contribution in [0, 0.1) is 6.92 Å². The van der Waals surface area contributed by atoms with Gasteiger partial charge in [0.1, 0.15) is 0 Å². The highest BCUT2D eigenvalue weighted by atomic mass is 16.2. The van der Waals surface area contributed by atoms with Crippen LogP contribution in [0.1, 0.15) is 50.7 Å². The van der Waals surface area contributed by atoms with E-state index in [-0.39, 0.29) is 17.9 Å². The molecule has 1 heterocycles. The summed E-state index contributed by atoms with van der Waals surface area (Å²) >= 11 is 0. The molecule has 0 aromatic heterocycles. The fourth-order valence-electron chi connectivity index (χ4n) is 4.01. The number of para-hydroxylation sites is 1. The van der Waals surface area contributed by atoms with Gasteiger partial charge < -0.3 is 10.2 Å². The van der Waals surface area contributed by atoms with E-state index in [1.54, 1.807) is 35.2 Å². The molecule has 3 aromatic carbocycles. The van der Waals surface area contributed by atoms with E-state index in [1.165, 1.54) is 0 Å². The molecule has 3 aromatic rings. The largest absolute Gasteiger partial charge is 0.322 e. The monoisotopic (exact) mass is 425 g/mol. The number of azide groups is 1. The molecule has 7 nitrogen and oxygen atoms in total. The lowest BCUT2D eigenvalue weighted by atomic mass is 10.0. The second-order valence-corrected chi connectivity index (χ2v) is 7.72. The van der Waals surface area contributed by atoms with Crippen molar-refractivity contribution in [3.05, 3.63) is 105 Å². The van der Waals surface area contributed by atoms with Gasteiger partial charge in [-0.1, -0.05) is 41.5 Å². The van der Waals surface area contributed by atoms with Crippen molar-refractivity contribution in [2.45, 2.75) is 25.8 Å². The predicted molar refractivity (Wildman–Crippen MR) is 125 cm³/mol. The Labute approximate surface area is 186 Å². The molecule has 160 valence electrons. The van der Waals surface area contributed by atoms with E-state index in [1.807, 2.05) is 49.4 Å². The van der Waals surface area contributed by atoms with Gasteiger partial charge in [0.15, 0.2) is 0 Å². The number of hydrogen-bond donors (Lipinski definition) is 1. The Hall–Kier alpha value is -4.09. The molecule has 4 rings (SSSR count). The Bertz CT molecular complexity index is 1200. The van der Waals surface area contributed by atoms with Crippen molar-refractivity contribution < 1.29 is 9.59 Å². The molecule has 0 aliphatic carbocycles. The fraction of sp³-hybridized carbons (Fsp3) is 0.200. The van der Waals surface area contributed by atoms with Gasteiger partial charge in [-0.15, -0.1) is 0 Å². The zero-order valence-corrected chi connectivity index (χ0v) is 17.7. The summed E-state index contributed by atoms with van der Waals surface area (Å²) in [6.45, 7) is 2.43. The van der Waals surface area contributed by atoms with Crippen LogP contribution in [0.5, 0.6) is 0 Å². The number of anilines is 2. The molecule has 0 saturated carbocycles. The number of nitrogens with zero attached hydrogens (tertiary/aromatic N) is 4. The lowest BCUT2D eigenvalue weighted by Gasteiger charge is -2.23. The first kappa shape index (κ1) is 21.2. The maximum absolute atomic E-state index is 13.3. The first-order valence-electron chi connectivity index (χ1n) is 10.5. The van der Waals surface area contributed by atoms with Crippen LogP contribution in [0.25, 0.3) is 10.4 Å². The SMILES string of the molecule is Cc1ccccc1C(=O)Nc1ccc(C(=O)N2CCCC(N=[N+]=[N-])c3ccccc32)cc1. The minimum atomic E-state index is -0.284. The molecule has 0 saturated heterocycles. The molecule has 7 heteroatoms. The normalized spacial score (nSPS) is 15.2. The summed E-state index contributed by atoms with van der Waals surface area (Å²) in [6, 6.07) is 21.6. The van der Waals surface area contributed by atoms with Crippen molar-refractivity contribution in [1.82, 2.24) is 0 Å². The van der Waals surface area contributed by atoms with Gasteiger partial charge in [0.25, 0.3) is 11.8 Å². The molecule has 32 heavy (non-hydrogen) atoms. The Kier molecular flexibility index (Phi) is 6.19. The second-order valence-electron chi connectivity index (χ2n) is 7.72. The summed E-state index contributed by atoms with van der Waals surface area (Å²) < 4.78 is 0. The fourth-order valence-corrected chi connectivity index (χ4v) is 4.01. The first-order valence-corrected chi connectivity index (χ1v) is 10.5. The van der Waals surface area contributed by atoms with Crippen LogP contribution in [0.3, 0.4) is 0 Å². The lowest BCUT2D eigenvalue weighted by molar-refractivity contribution is 0.0985. The van der Waals surface area contributed by atoms with Crippen LogP contribution in [0.2, 0.25) is 0 Å². The van der Waals surface area contributed by atoms with Crippen LogP contribution in [0.4, 0.5) is 11.4 Å². The quantitative estimate of drug-likeness (QED) is 0.313. The highest BCUT2D eigenvalue weighted by Crippen LogP contribution is 2.36. The van der Waals surface area contributed by atoms with E-state index in [0.29, 0.717) is 29.8 Å². The zero-order valence-electron chi connectivity index (χ0n) is 17.7. The van der Waals surface area contributed by atoms with Gasteiger partial charge >= 0.3 is 0 Å². The summed E-state index contributed by atoms with van der Waals surface area (Å²) in [6.07, 6.45) is 1.42. The van der Waals surface area contributed by atoms with Crippen molar-refractivity contribution in [3.8, 4) is 0 Å². The standard InChI is InChI=1S/C25H23N5O2/c1-17-7-2-3-8-20(17)24(31)27-19-14-12-18(13-15-19)25(32)30-16-6-10-22(28-29-26)21-9-4-5-11-23(21)30/h2-5,7-9,11-15,22H,6,10,16H2,1H3,(H,27,31). The number of carbonyl (C=O) groups is 2. The van der Waals surface area contributed by atoms with E-state index in [9.17, 15) is 9.59 Å². The van der Waals surface area contributed by atoms with E-state index in [2.05, 4.69) is 15.3 Å². The number of amides is 2. The molecular weight excluding hydrogens is 402 g/mol. The number of aryl methyl sites for hydroxylation is 1. The van der Waals surface area contributed by atoms with Gasteiger partial charge in [-0.05, 0) is 72.8 Å². The molecule has 1 unspecified atom stereocenters. The van der Waals surface area contributed by atoms with E-state index in [0.717, 1.165) is 23.2 Å². The van der Waals surface area contributed by atoms with Gasteiger partial charge in [0.2, 0.25) is 0 Å². The molecule has 1 aliphatic rings. The number of nitrogens with one attached hydrogen (secondary N) is 1. The number of benzene rings is 3. The number of rotatable bonds is 4. The van der Waals surface area contributed by atoms with Gasteiger partial charge in [-0.3, -0.25) is 9.59 Å². The molecule has 0 radical (unpaired) electrons. The Morgan fingerprint density at radius 1 is 1.03 bits per heavy atom. The third-order valence-corrected chi connectivity index (χ3v) is 5.66. The Balaban J connectivity index is 1.55. The van der Waals surface area contributed by atoms with Crippen molar-refractivity contribution in [2.75, 3.05) is 16.8 Å². The van der Waals surface area contributed by atoms with E-state index in [4.69, 9.17) is 5.53 Å². The molecule has 1 atom stereocenters. The van der Waals surface area contributed by atoms with Crippen LogP contribution in [0.15, 0.2) is 77.9 Å². The van der Waals surface area contributed by atoms with Crippen LogP contribution in [-0.2, 0) is 0 Å². The van der Waals surface area contributed by atoms with Crippen molar-refractivity contribution in [2.24, 2.45) is 5.11 Å². The molecule has 1 aliphatic heterocycles. The molecular formula is C25H23N5O2. The van der Waals surface area contributed by atoms with Crippen molar-refractivity contribution in [1.29, 1.82) is 0 Å². The molecule has 0 fully saturated rings. The molecule has 2 amide bonds. The maximum Gasteiger partial charge on any atom is 0.258 e. The topological polar surface area (TPSA) is 98.2 Å². The van der Waals surface area contributed by atoms with Crippen LogP contribution in [-0.4, -0.2) is 18.4 Å². The summed E-state index contributed by atoms with van der Waals surface area (Å²) in [5.74, 6) is -0.316.